The number of benzene rings is 2. The van der Waals surface area contributed by atoms with Crippen LogP contribution >= 0.6 is 23.2 Å². The first kappa shape index (κ1) is 22.1. The minimum absolute atomic E-state index is 0.0970. The molecule has 0 saturated carbocycles. The Hall–Kier alpha value is -2.64. The predicted octanol–water partition coefficient (Wildman–Crippen LogP) is 6.51. The fourth-order valence-electron chi connectivity index (χ4n) is 2.85. The Bertz CT molecular complexity index is 1070. The van der Waals surface area contributed by atoms with Crippen LogP contribution in [0, 0.1) is 0 Å². The molecule has 30 heavy (non-hydrogen) atoms. The van der Waals surface area contributed by atoms with Gasteiger partial charge in [0.1, 0.15) is 6.17 Å². The number of rotatable bonds is 5. The predicted molar refractivity (Wildman–Crippen MR) is 107 cm³/mol. The zero-order valence-corrected chi connectivity index (χ0v) is 16.7. The summed E-state index contributed by atoms with van der Waals surface area (Å²) >= 11 is 12.1. The van der Waals surface area contributed by atoms with Crippen molar-refractivity contribution in [2.24, 2.45) is 0 Å². The third-order valence-electron chi connectivity index (χ3n) is 4.30. The molecule has 0 aliphatic carbocycles. The zero-order chi connectivity index (χ0) is 21.9. The summed E-state index contributed by atoms with van der Waals surface area (Å²) in [6.45, 7) is -0.539. The summed E-state index contributed by atoms with van der Waals surface area (Å²) in [6, 6.07) is 10.6. The fraction of sp³-hybridized carbons (Fsp3) is 0.143. The molecule has 3 nitrogen and oxygen atoms in total. The summed E-state index contributed by atoms with van der Waals surface area (Å²) < 4.78 is 53.8. The highest BCUT2D eigenvalue weighted by molar-refractivity contribution is 6.32. The van der Waals surface area contributed by atoms with Crippen molar-refractivity contribution in [2.75, 3.05) is 6.54 Å². The van der Waals surface area contributed by atoms with Gasteiger partial charge in [0.05, 0.1) is 22.7 Å². The van der Waals surface area contributed by atoms with Gasteiger partial charge >= 0.3 is 6.18 Å². The Balaban J connectivity index is 1.73. The summed E-state index contributed by atoms with van der Waals surface area (Å²) in [4.78, 5) is 16.1. The van der Waals surface area contributed by atoms with E-state index in [1.807, 2.05) is 0 Å². The minimum Gasteiger partial charge on any atom is -0.349 e. The normalized spacial score (nSPS) is 12.5. The molecule has 1 heterocycles. The maximum absolute atomic E-state index is 14.6. The molecule has 0 bridgehead atoms. The van der Waals surface area contributed by atoms with Gasteiger partial charge in [0.25, 0.3) is 5.91 Å². The van der Waals surface area contributed by atoms with Crippen LogP contribution in [-0.2, 0) is 6.18 Å². The number of carbonyl (C=O) groups excluding carboxylic acids is 1. The van der Waals surface area contributed by atoms with Crippen molar-refractivity contribution in [3.8, 4) is 11.1 Å². The van der Waals surface area contributed by atoms with Crippen molar-refractivity contribution in [1.82, 2.24) is 10.3 Å². The van der Waals surface area contributed by atoms with Gasteiger partial charge in [-0.25, -0.2) is 4.39 Å². The van der Waals surface area contributed by atoms with Crippen LogP contribution in [0.1, 0.15) is 27.7 Å². The Morgan fingerprint density at radius 3 is 2.43 bits per heavy atom. The molecule has 1 unspecified atom stereocenters. The molecule has 1 aromatic heterocycles. The highest BCUT2D eigenvalue weighted by Gasteiger charge is 2.34. The summed E-state index contributed by atoms with van der Waals surface area (Å²) in [5.74, 6) is -1.02. The summed E-state index contributed by atoms with van der Waals surface area (Å²) in [7, 11) is 0. The van der Waals surface area contributed by atoms with E-state index in [-0.39, 0.29) is 10.6 Å². The van der Waals surface area contributed by atoms with E-state index in [4.69, 9.17) is 23.2 Å². The lowest BCUT2D eigenvalue weighted by molar-refractivity contribution is -0.137. The van der Waals surface area contributed by atoms with Crippen molar-refractivity contribution >= 4 is 29.1 Å². The minimum atomic E-state index is -4.70. The van der Waals surface area contributed by atoms with Gasteiger partial charge in [-0.05, 0) is 29.8 Å². The van der Waals surface area contributed by atoms with E-state index in [9.17, 15) is 22.4 Å². The van der Waals surface area contributed by atoms with Crippen molar-refractivity contribution < 1.29 is 22.4 Å². The van der Waals surface area contributed by atoms with E-state index in [1.165, 1.54) is 30.5 Å². The van der Waals surface area contributed by atoms with Crippen molar-refractivity contribution in [3.05, 3.63) is 87.7 Å². The average Bonchev–Trinajstić information content (AvgIpc) is 2.71. The van der Waals surface area contributed by atoms with Gasteiger partial charge in [-0.2, -0.15) is 13.2 Å². The highest BCUT2D eigenvalue weighted by Crippen LogP contribution is 2.33. The molecule has 0 saturated heterocycles. The maximum atomic E-state index is 14.6. The number of hydrogen-bond donors (Lipinski definition) is 1. The van der Waals surface area contributed by atoms with Gasteiger partial charge in [-0.15, -0.1) is 0 Å². The van der Waals surface area contributed by atoms with E-state index in [0.717, 1.165) is 12.1 Å². The number of amides is 1. The third kappa shape index (κ3) is 5.09. The zero-order valence-electron chi connectivity index (χ0n) is 15.2. The van der Waals surface area contributed by atoms with E-state index in [2.05, 4.69) is 10.3 Å². The second kappa shape index (κ2) is 9.02. The number of hydrogen-bond acceptors (Lipinski definition) is 2. The van der Waals surface area contributed by atoms with E-state index in [1.54, 1.807) is 18.3 Å². The average molecular weight is 457 g/mol. The summed E-state index contributed by atoms with van der Waals surface area (Å²) in [5, 5.41) is 2.72. The van der Waals surface area contributed by atoms with Gasteiger partial charge in [0, 0.05) is 28.5 Å². The van der Waals surface area contributed by atoms with Crippen molar-refractivity contribution in [2.45, 2.75) is 12.3 Å². The molecule has 1 atom stereocenters. The molecule has 0 fully saturated rings. The number of aromatic nitrogens is 1. The Morgan fingerprint density at radius 2 is 1.77 bits per heavy atom. The van der Waals surface area contributed by atoms with Gasteiger partial charge in [-0.1, -0.05) is 47.5 Å². The van der Waals surface area contributed by atoms with Crippen molar-refractivity contribution in [3.63, 3.8) is 0 Å². The van der Waals surface area contributed by atoms with E-state index < -0.39 is 35.9 Å². The number of alkyl halides is 4. The second-order valence-corrected chi connectivity index (χ2v) is 7.19. The van der Waals surface area contributed by atoms with Gasteiger partial charge < -0.3 is 5.32 Å². The SMILES string of the molecule is O=C(NCC(F)c1ccc(-c2cncc(Cl)c2)cc1Cl)c1ccccc1C(F)(F)F. The Labute approximate surface area is 179 Å². The van der Waals surface area contributed by atoms with Crippen molar-refractivity contribution in [1.29, 1.82) is 0 Å². The molecule has 156 valence electrons. The van der Waals surface area contributed by atoms with Crippen LogP contribution in [0.4, 0.5) is 17.6 Å². The van der Waals surface area contributed by atoms with Crippen LogP contribution in [0.2, 0.25) is 10.0 Å². The first-order valence-electron chi connectivity index (χ1n) is 8.65. The molecule has 0 spiro atoms. The van der Waals surface area contributed by atoms with Crippen LogP contribution in [0.3, 0.4) is 0 Å². The van der Waals surface area contributed by atoms with Crippen LogP contribution in [0.15, 0.2) is 60.9 Å². The number of nitrogens with one attached hydrogen (secondary N) is 1. The molecule has 2 aromatic carbocycles. The van der Waals surface area contributed by atoms with Gasteiger partial charge in [-0.3, -0.25) is 9.78 Å². The monoisotopic (exact) mass is 456 g/mol. The topological polar surface area (TPSA) is 42.0 Å². The van der Waals surface area contributed by atoms with Gasteiger partial charge in [0.15, 0.2) is 0 Å². The molecule has 1 N–H and O–H groups in total. The molecular weight excluding hydrogens is 443 g/mol. The van der Waals surface area contributed by atoms with Gasteiger partial charge in [0.2, 0.25) is 0 Å². The molecular formula is C21H14Cl2F4N2O. The second-order valence-electron chi connectivity index (χ2n) is 6.35. The summed E-state index contributed by atoms with van der Waals surface area (Å²) in [5.41, 5.74) is -0.222. The molecule has 3 rings (SSSR count). The van der Waals surface area contributed by atoms with E-state index >= 15 is 0 Å². The summed E-state index contributed by atoms with van der Waals surface area (Å²) in [6.07, 6.45) is -3.37. The van der Waals surface area contributed by atoms with Crippen LogP contribution in [0.5, 0.6) is 0 Å². The molecule has 3 aromatic rings. The first-order valence-corrected chi connectivity index (χ1v) is 9.41. The lowest BCUT2D eigenvalue weighted by Crippen LogP contribution is -2.29. The van der Waals surface area contributed by atoms with Crippen LogP contribution in [-0.4, -0.2) is 17.4 Å². The highest BCUT2D eigenvalue weighted by atomic mass is 35.5. The number of nitrogens with zero attached hydrogens (tertiary/aromatic N) is 1. The Morgan fingerprint density at radius 1 is 1.03 bits per heavy atom. The van der Waals surface area contributed by atoms with E-state index in [0.29, 0.717) is 16.1 Å². The lowest BCUT2D eigenvalue weighted by atomic mass is 10.0. The molecule has 0 aliphatic heterocycles. The fourth-order valence-corrected chi connectivity index (χ4v) is 3.32. The standard InChI is InChI=1S/C21H14Cl2F4N2O/c22-14-7-13(9-28-10-14)12-5-6-16(18(23)8-12)19(24)11-29-20(30)15-3-1-2-4-17(15)21(25,26)27/h1-10,19H,11H2,(H,29,30). The molecule has 9 heteroatoms. The quantitative estimate of drug-likeness (QED) is 0.444. The largest absolute Gasteiger partial charge is 0.417 e. The number of pyridine rings is 1. The Kier molecular flexibility index (Phi) is 6.63. The first-order chi connectivity index (χ1) is 14.2. The number of carbonyl (C=O) groups is 1. The maximum Gasteiger partial charge on any atom is 0.417 e. The number of halogens is 6. The molecule has 0 radical (unpaired) electrons. The molecule has 1 amide bonds. The lowest BCUT2D eigenvalue weighted by Gasteiger charge is -2.15. The smallest absolute Gasteiger partial charge is 0.349 e. The van der Waals surface area contributed by atoms with Crippen LogP contribution < -0.4 is 5.32 Å². The molecule has 0 aliphatic rings. The van der Waals surface area contributed by atoms with Crippen LogP contribution in [0.25, 0.3) is 11.1 Å². The third-order valence-corrected chi connectivity index (χ3v) is 4.83.